The van der Waals surface area contributed by atoms with Crippen molar-refractivity contribution in [3.63, 3.8) is 0 Å². The van der Waals surface area contributed by atoms with Crippen molar-refractivity contribution in [2.75, 3.05) is 17.4 Å². The van der Waals surface area contributed by atoms with Crippen LogP contribution in [0.2, 0.25) is 0 Å². The van der Waals surface area contributed by atoms with Crippen LogP contribution in [0.25, 0.3) is 0 Å². The lowest BCUT2D eigenvalue weighted by Crippen LogP contribution is -2.44. The monoisotopic (exact) mass is 254 g/mol. The molecule has 1 heterocycles. The quantitative estimate of drug-likeness (QED) is 0.767. The zero-order chi connectivity index (χ0) is 12.7. The molecule has 0 aromatic heterocycles. The maximum atomic E-state index is 12.4. The van der Waals surface area contributed by atoms with Crippen LogP contribution in [0.1, 0.15) is 20.8 Å². The third-order valence-corrected chi connectivity index (χ3v) is 5.09. The first kappa shape index (κ1) is 12.4. The molecule has 0 N–H and O–H groups in total. The third-order valence-electron chi connectivity index (χ3n) is 2.86. The predicted octanol–water partition coefficient (Wildman–Crippen LogP) is 1.85. The van der Waals surface area contributed by atoms with Gasteiger partial charge < -0.3 is 0 Å². The van der Waals surface area contributed by atoms with Crippen molar-refractivity contribution in [3.8, 4) is 0 Å². The largest absolute Gasteiger partial charge is 0.304 e. The predicted molar refractivity (Wildman–Crippen MR) is 69.2 cm³/mol. The zero-order valence-electron chi connectivity index (χ0n) is 10.4. The standard InChI is InChI=1S/C12H18N2O2S/c1-12(2,3)14-10-9-13(17(14,15)16)11-7-5-4-6-8-11/h4-8H,9-10H2,1-3H3. The van der Waals surface area contributed by atoms with Crippen LogP contribution in [0.15, 0.2) is 30.3 Å². The molecule has 0 atom stereocenters. The molecule has 0 saturated carbocycles. The van der Waals surface area contributed by atoms with E-state index in [1.54, 1.807) is 4.31 Å². The Bertz CT molecular complexity index is 491. The lowest BCUT2D eigenvalue weighted by atomic mass is 10.1. The molecule has 5 heteroatoms. The summed E-state index contributed by atoms with van der Waals surface area (Å²) < 4.78 is 27.8. The highest BCUT2D eigenvalue weighted by Gasteiger charge is 2.42. The first-order chi connectivity index (χ1) is 7.83. The molecule has 0 bridgehead atoms. The number of nitrogens with zero attached hydrogens (tertiary/aromatic N) is 2. The van der Waals surface area contributed by atoms with Crippen LogP contribution in [-0.4, -0.2) is 31.4 Å². The molecule has 1 aliphatic heterocycles. The molecule has 1 fully saturated rings. The lowest BCUT2D eigenvalue weighted by Gasteiger charge is -2.30. The Kier molecular flexibility index (Phi) is 2.91. The van der Waals surface area contributed by atoms with E-state index in [0.29, 0.717) is 13.1 Å². The molecule has 94 valence electrons. The highest BCUT2D eigenvalue weighted by molar-refractivity contribution is 7.90. The zero-order valence-corrected chi connectivity index (χ0v) is 11.2. The van der Waals surface area contributed by atoms with E-state index in [2.05, 4.69) is 0 Å². The maximum Gasteiger partial charge on any atom is 0.304 e. The summed E-state index contributed by atoms with van der Waals surface area (Å²) in [6, 6.07) is 9.23. The number of hydrogen-bond donors (Lipinski definition) is 0. The molecule has 0 unspecified atom stereocenters. The highest BCUT2D eigenvalue weighted by Crippen LogP contribution is 2.29. The topological polar surface area (TPSA) is 40.6 Å². The molecule has 4 nitrogen and oxygen atoms in total. The van der Waals surface area contributed by atoms with Gasteiger partial charge in [0.1, 0.15) is 0 Å². The summed E-state index contributed by atoms with van der Waals surface area (Å²) >= 11 is 0. The minimum absolute atomic E-state index is 0.373. The van der Waals surface area contributed by atoms with Gasteiger partial charge in [0.25, 0.3) is 0 Å². The van der Waals surface area contributed by atoms with Crippen LogP contribution in [0, 0.1) is 0 Å². The fourth-order valence-electron chi connectivity index (χ4n) is 2.07. The number of benzene rings is 1. The summed E-state index contributed by atoms with van der Waals surface area (Å²) in [4.78, 5) is 0. The first-order valence-corrected chi connectivity index (χ1v) is 7.09. The van der Waals surface area contributed by atoms with E-state index in [0.717, 1.165) is 5.69 Å². The van der Waals surface area contributed by atoms with Gasteiger partial charge in [-0.1, -0.05) is 18.2 Å². The summed E-state index contributed by atoms with van der Waals surface area (Å²) in [6.45, 7) is 6.81. The van der Waals surface area contributed by atoms with Crippen molar-refractivity contribution in [2.24, 2.45) is 0 Å². The Hall–Kier alpha value is -1.07. The minimum Gasteiger partial charge on any atom is -0.256 e. The van der Waals surface area contributed by atoms with Crippen molar-refractivity contribution >= 4 is 15.9 Å². The number of para-hydroxylation sites is 1. The first-order valence-electron chi connectivity index (χ1n) is 5.69. The van der Waals surface area contributed by atoms with E-state index < -0.39 is 10.2 Å². The van der Waals surface area contributed by atoms with Gasteiger partial charge in [0.05, 0.1) is 5.69 Å². The average Bonchev–Trinajstić information content (AvgIpc) is 2.54. The van der Waals surface area contributed by atoms with E-state index in [-0.39, 0.29) is 5.54 Å². The van der Waals surface area contributed by atoms with Gasteiger partial charge in [-0.05, 0) is 32.9 Å². The van der Waals surface area contributed by atoms with Crippen molar-refractivity contribution in [1.29, 1.82) is 0 Å². The van der Waals surface area contributed by atoms with Gasteiger partial charge in [-0.25, -0.2) is 0 Å². The fourth-order valence-corrected chi connectivity index (χ4v) is 4.01. The van der Waals surface area contributed by atoms with E-state index in [4.69, 9.17) is 0 Å². The van der Waals surface area contributed by atoms with Gasteiger partial charge >= 0.3 is 10.2 Å². The smallest absolute Gasteiger partial charge is 0.256 e. The average molecular weight is 254 g/mol. The summed E-state index contributed by atoms with van der Waals surface area (Å²) in [7, 11) is -3.37. The van der Waals surface area contributed by atoms with Crippen LogP contribution in [0.3, 0.4) is 0 Å². The van der Waals surface area contributed by atoms with Gasteiger partial charge in [-0.3, -0.25) is 4.31 Å². The maximum absolute atomic E-state index is 12.4. The Morgan fingerprint density at radius 3 is 2.12 bits per heavy atom. The normalized spacial score (nSPS) is 20.8. The van der Waals surface area contributed by atoms with Gasteiger partial charge in [0.2, 0.25) is 0 Å². The van der Waals surface area contributed by atoms with Gasteiger partial charge in [-0.15, -0.1) is 0 Å². The molecular formula is C12H18N2O2S. The molecule has 1 aliphatic rings. The SMILES string of the molecule is CC(C)(C)N1CCN(c2ccccc2)S1(=O)=O. The Balaban J connectivity index is 2.37. The molecule has 2 rings (SSSR count). The van der Waals surface area contributed by atoms with E-state index in [1.165, 1.54) is 4.31 Å². The number of hydrogen-bond acceptors (Lipinski definition) is 2. The van der Waals surface area contributed by atoms with Crippen LogP contribution in [0.5, 0.6) is 0 Å². The lowest BCUT2D eigenvalue weighted by molar-refractivity contribution is 0.271. The summed E-state index contributed by atoms with van der Waals surface area (Å²) in [6.07, 6.45) is 0. The summed E-state index contributed by atoms with van der Waals surface area (Å²) in [5.74, 6) is 0. The van der Waals surface area contributed by atoms with E-state index in [9.17, 15) is 8.42 Å². The third kappa shape index (κ3) is 2.17. The van der Waals surface area contributed by atoms with Gasteiger partial charge in [-0.2, -0.15) is 12.7 Å². The van der Waals surface area contributed by atoms with Crippen LogP contribution >= 0.6 is 0 Å². The van der Waals surface area contributed by atoms with Crippen LogP contribution in [0.4, 0.5) is 5.69 Å². The molecule has 17 heavy (non-hydrogen) atoms. The van der Waals surface area contributed by atoms with Gasteiger partial charge in [0.15, 0.2) is 0 Å². The fraction of sp³-hybridized carbons (Fsp3) is 0.500. The van der Waals surface area contributed by atoms with Crippen LogP contribution < -0.4 is 4.31 Å². The summed E-state index contributed by atoms with van der Waals surface area (Å²) in [5, 5.41) is 0. The molecule has 1 aromatic rings. The Morgan fingerprint density at radius 1 is 1.06 bits per heavy atom. The molecule has 0 aliphatic carbocycles. The van der Waals surface area contributed by atoms with Crippen molar-refractivity contribution in [2.45, 2.75) is 26.3 Å². The van der Waals surface area contributed by atoms with E-state index in [1.807, 2.05) is 51.1 Å². The second kappa shape index (κ2) is 3.99. The molecule has 1 aromatic carbocycles. The highest BCUT2D eigenvalue weighted by atomic mass is 32.2. The second-order valence-corrected chi connectivity index (χ2v) is 6.94. The number of rotatable bonds is 1. The van der Waals surface area contributed by atoms with Crippen molar-refractivity contribution in [3.05, 3.63) is 30.3 Å². The summed E-state index contributed by atoms with van der Waals surface area (Å²) in [5.41, 5.74) is 0.363. The molecule has 0 radical (unpaired) electrons. The molecule has 1 saturated heterocycles. The van der Waals surface area contributed by atoms with Crippen molar-refractivity contribution < 1.29 is 8.42 Å². The number of anilines is 1. The van der Waals surface area contributed by atoms with Crippen LogP contribution in [-0.2, 0) is 10.2 Å². The van der Waals surface area contributed by atoms with Crippen molar-refractivity contribution in [1.82, 2.24) is 4.31 Å². The minimum atomic E-state index is -3.37. The second-order valence-electron chi connectivity index (χ2n) is 5.16. The Labute approximate surface area is 103 Å². The molecule has 0 amide bonds. The van der Waals surface area contributed by atoms with E-state index >= 15 is 0 Å². The Morgan fingerprint density at radius 2 is 1.65 bits per heavy atom. The molecular weight excluding hydrogens is 236 g/mol. The van der Waals surface area contributed by atoms with Gasteiger partial charge in [0, 0.05) is 18.6 Å². The molecule has 0 spiro atoms.